The Morgan fingerprint density at radius 1 is 1.24 bits per heavy atom. The molecule has 4 rings (SSSR count). The van der Waals surface area contributed by atoms with Gasteiger partial charge >= 0.3 is 0 Å². The topological polar surface area (TPSA) is 98.2 Å². The fourth-order valence-electron chi connectivity index (χ4n) is 3.73. The Bertz CT molecular complexity index is 982. The van der Waals surface area contributed by atoms with Crippen LogP contribution >= 0.6 is 0 Å². The van der Waals surface area contributed by atoms with Crippen molar-refractivity contribution in [1.82, 2.24) is 4.31 Å². The monoisotopic (exact) mass is 355 g/mol. The lowest BCUT2D eigenvalue weighted by Crippen LogP contribution is -2.45. The highest BCUT2D eigenvalue weighted by atomic mass is 32.2. The van der Waals surface area contributed by atoms with E-state index in [-0.39, 0.29) is 4.90 Å². The van der Waals surface area contributed by atoms with Crippen LogP contribution in [0.4, 0.5) is 5.69 Å². The van der Waals surface area contributed by atoms with Crippen molar-refractivity contribution in [1.29, 1.82) is 0 Å². The summed E-state index contributed by atoms with van der Waals surface area (Å²) in [7, 11) is -3.70. The molecule has 2 aromatic carbocycles. The van der Waals surface area contributed by atoms with Gasteiger partial charge in [0.25, 0.3) is 0 Å². The maximum atomic E-state index is 13.1. The molecule has 0 unspecified atom stereocenters. The fourth-order valence-corrected chi connectivity index (χ4v) is 5.32. The Morgan fingerprint density at radius 2 is 1.96 bits per heavy atom. The van der Waals surface area contributed by atoms with Gasteiger partial charge in [0.15, 0.2) is 0 Å². The summed E-state index contributed by atoms with van der Waals surface area (Å²) < 4.78 is 27.7. The zero-order valence-electron chi connectivity index (χ0n) is 13.6. The lowest BCUT2D eigenvalue weighted by atomic mass is 9.90. The third kappa shape index (κ3) is 2.22. The Kier molecular flexibility index (Phi) is 3.50. The van der Waals surface area contributed by atoms with Crippen molar-refractivity contribution in [3.63, 3.8) is 0 Å². The maximum absolute atomic E-state index is 13.1. The van der Waals surface area contributed by atoms with Gasteiger partial charge in [0, 0.05) is 17.1 Å². The first kappa shape index (κ1) is 16.0. The van der Waals surface area contributed by atoms with Crippen molar-refractivity contribution >= 4 is 15.7 Å². The van der Waals surface area contributed by atoms with Crippen molar-refractivity contribution < 1.29 is 8.42 Å². The molecule has 2 heterocycles. The molecule has 8 heteroatoms. The van der Waals surface area contributed by atoms with Gasteiger partial charge < -0.3 is 5.32 Å². The zero-order valence-corrected chi connectivity index (χ0v) is 14.4. The Hall–Kier alpha value is -2.54. The number of sulfonamides is 1. The molecular formula is C17H17N5O2S. The smallest absolute Gasteiger partial charge is 0.244 e. The molecule has 1 fully saturated rings. The van der Waals surface area contributed by atoms with Gasteiger partial charge in [-0.25, -0.2) is 8.42 Å². The van der Waals surface area contributed by atoms with Gasteiger partial charge in [-0.3, -0.25) is 0 Å². The molecule has 1 saturated heterocycles. The van der Waals surface area contributed by atoms with Crippen molar-refractivity contribution in [2.24, 2.45) is 5.11 Å². The quantitative estimate of drug-likeness (QED) is 0.519. The van der Waals surface area contributed by atoms with E-state index in [2.05, 4.69) is 15.3 Å². The number of aryl methyl sites for hydroxylation is 1. The van der Waals surface area contributed by atoms with Crippen LogP contribution in [0.25, 0.3) is 10.4 Å². The first-order valence-electron chi connectivity index (χ1n) is 8.00. The van der Waals surface area contributed by atoms with Crippen LogP contribution in [0, 0.1) is 6.92 Å². The minimum atomic E-state index is -3.70. The number of nitrogens with zero attached hydrogens (tertiary/aromatic N) is 4. The van der Waals surface area contributed by atoms with Gasteiger partial charge in [-0.15, -0.1) is 0 Å². The largest absolute Gasteiger partial charge is 0.368 e. The highest BCUT2D eigenvalue weighted by Gasteiger charge is 2.56. The number of fused-ring (bicyclic) bond motifs is 3. The van der Waals surface area contributed by atoms with Gasteiger partial charge in [0.05, 0.1) is 4.90 Å². The van der Waals surface area contributed by atoms with Gasteiger partial charge in [-0.2, -0.15) is 4.31 Å². The standard InChI is InChI=1S/C17H17N5O2S/c1-12-6-8-13(9-7-12)25(23,24)22-11-10-17(20-21-18)14-4-2-3-5-15(14)19-16(17)22/h2-9,16,19H,10-11H2,1H3/t16-,17+/m0/s1. The molecular weight excluding hydrogens is 338 g/mol. The van der Waals surface area contributed by atoms with Gasteiger partial charge in [0.2, 0.25) is 10.0 Å². The molecule has 0 radical (unpaired) electrons. The molecule has 0 spiro atoms. The van der Waals surface area contributed by atoms with E-state index in [1.807, 2.05) is 31.2 Å². The molecule has 128 valence electrons. The molecule has 2 aromatic rings. The first-order chi connectivity index (χ1) is 12.0. The van der Waals surface area contributed by atoms with Crippen LogP contribution in [0.15, 0.2) is 58.5 Å². The van der Waals surface area contributed by atoms with Gasteiger partial charge in [0.1, 0.15) is 11.7 Å². The molecule has 0 aromatic heterocycles. The van der Waals surface area contributed by atoms with Gasteiger partial charge in [-0.1, -0.05) is 41.0 Å². The summed E-state index contributed by atoms with van der Waals surface area (Å²) >= 11 is 0. The van der Waals surface area contributed by atoms with Crippen LogP contribution in [0.5, 0.6) is 0 Å². The van der Waals surface area contributed by atoms with Crippen LogP contribution in [-0.2, 0) is 15.6 Å². The van der Waals surface area contributed by atoms with E-state index in [0.717, 1.165) is 16.8 Å². The minimum absolute atomic E-state index is 0.243. The highest BCUT2D eigenvalue weighted by Crippen LogP contribution is 2.51. The van der Waals surface area contributed by atoms with Crippen LogP contribution in [0.3, 0.4) is 0 Å². The number of benzene rings is 2. The van der Waals surface area contributed by atoms with E-state index >= 15 is 0 Å². The van der Waals surface area contributed by atoms with E-state index in [4.69, 9.17) is 5.53 Å². The molecule has 7 nitrogen and oxygen atoms in total. The Labute approximate surface area is 146 Å². The van der Waals surface area contributed by atoms with Crippen molar-refractivity contribution in [2.75, 3.05) is 11.9 Å². The van der Waals surface area contributed by atoms with Crippen molar-refractivity contribution in [3.8, 4) is 0 Å². The minimum Gasteiger partial charge on any atom is -0.368 e. The van der Waals surface area contributed by atoms with Crippen molar-refractivity contribution in [3.05, 3.63) is 70.1 Å². The number of para-hydroxylation sites is 1. The fraction of sp³-hybridized carbons (Fsp3) is 0.294. The summed E-state index contributed by atoms with van der Waals surface area (Å²) in [5.41, 5.74) is 10.8. The second-order valence-corrected chi connectivity index (χ2v) is 8.28. The first-order valence-corrected chi connectivity index (χ1v) is 9.44. The summed E-state index contributed by atoms with van der Waals surface area (Å²) in [6.45, 7) is 2.20. The lowest BCUT2D eigenvalue weighted by molar-refractivity contribution is 0.349. The Balaban J connectivity index is 1.80. The van der Waals surface area contributed by atoms with Crippen molar-refractivity contribution in [2.45, 2.75) is 29.9 Å². The number of hydrogen-bond acceptors (Lipinski definition) is 4. The molecule has 2 aliphatic heterocycles. The SMILES string of the molecule is Cc1ccc(S(=O)(=O)N2CC[C@@]3(N=[N+]=[N-])c4ccccc4N[C@@H]23)cc1. The van der Waals surface area contributed by atoms with E-state index < -0.39 is 21.7 Å². The van der Waals surface area contributed by atoms with Gasteiger partial charge in [-0.05, 0) is 42.6 Å². The predicted octanol–water partition coefficient (Wildman–Crippen LogP) is 3.35. The van der Waals surface area contributed by atoms with E-state index in [1.165, 1.54) is 4.31 Å². The average Bonchev–Trinajstić information content (AvgIpc) is 3.10. The number of rotatable bonds is 3. The maximum Gasteiger partial charge on any atom is 0.244 e. The second-order valence-electron chi connectivity index (χ2n) is 6.38. The predicted molar refractivity (Wildman–Crippen MR) is 94.4 cm³/mol. The van der Waals surface area contributed by atoms with Crippen LogP contribution in [-0.4, -0.2) is 25.4 Å². The molecule has 2 atom stereocenters. The summed E-state index contributed by atoms with van der Waals surface area (Å²) in [6.07, 6.45) is -0.177. The second kappa shape index (κ2) is 5.49. The summed E-state index contributed by atoms with van der Waals surface area (Å²) in [4.78, 5) is 3.26. The highest BCUT2D eigenvalue weighted by molar-refractivity contribution is 7.89. The van der Waals surface area contributed by atoms with Crippen LogP contribution in [0.2, 0.25) is 0 Å². The number of anilines is 1. The number of azide groups is 1. The molecule has 0 aliphatic carbocycles. The number of hydrogen-bond donors (Lipinski definition) is 1. The molecule has 1 N–H and O–H groups in total. The molecule has 0 bridgehead atoms. The van der Waals surface area contributed by atoms with E-state index in [9.17, 15) is 8.42 Å². The van der Waals surface area contributed by atoms with E-state index in [0.29, 0.717) is 13.0 Å². The normalized spacial score (nSPS) is 24.9. The third-order valence-corrected chi connectivity index (χ3v) is 6.87. The summed E-state index contributed by atoms with van der Waals surface area (Å²) in [6, 6.07) is 14.3. The lowest BCUT2D eigenvalue weighted by Gasteiger charge is -2.28. The molecule has 25 heavy (non-hydrogen) atoms. The average molecular weight is 355 g/mol. The van der Waals surface area contributed by atoms with Crippen LogP contribution in [0.1, 0.15) is 17.5 Å². The summed E-state index contributed by atoms with van der Waals surface area (Å²) in [5, 5.41) is 7.28. The zero-order chi connectivity index (χ0) is 17.7. The molecule has 2 aliphatic rings. The van der Waals surface area contributed by atoms with E-state index in [1.54, 1.807) is 24.3 Å². The van der Waals surface area contributed by atoms with Crippen LogP contribution < -0.4 is 5.32 Å². The third-order valence-electron chi connectivity index (χ3n) is 4.99. The molecule has 0 amide bonds. The Morgan fingerprint density at radius 3 is 2.68 bits per heavy atom. The molecule has 0 saturated carbocycles. The summed E-state index contributed by atoms with van der Waals surface area (Å²) in [5.74, 6) is 0. The number of nitrogens with one attached hydrogen (secondary N) is 1.